The van der Waals surface area contributed by atoms with Gasteiger partial charge >= 0.3 is 0 Å². The molecular weight excluding hydrogens is 559 g/mol. The van der Waals surface area contributed by atoms with E-state index < -0.39 is 0 Å². The van der Waals surface area contributed by atoms with E-state index >= 15 is 0 Å². The minimum absolute atomic E-state index is 0.606. The van der Waals surface area contributed by atoms with Gasteiger partial charge in [-0.3, -0.25) is 0 Å². The van der Waals surface area contributed by atoms with Crippen molar-refractivity contribution in [1.29, 1.82) is 0 Å². The van der Waals surface area contributed by atoms with E-state index in [0.717, 1.165) is 38.6 Å². The molecule has 0 amide bonds. The second kappa shape index (κ2) is 9.97. The van der Waals surface area contributed by atoms with Gasteiger partial charge in [0.1, 0.15) is 11.2 Å². The number of fused-ring (bicyclic) bond motifs is 6. The van der Waals surface area contributed by atoms with Crippen molar-refractivity contribution in [2.24, 2.45) is 0 Å². The zero-order chi connectivity index (χ0) is 29.0. The summed E-state index contributed by atoms with van der Waals surface area (Å²) in [6, 6.07) is 47.9. The maximum atomic E-state index is 6.52. The van der Waals surface area contributed by atoms with Crippen LogP contribution >= 0.6 is 11.3 Å². The number of benzene rings is 6. The lowest BCUT2D eigenvalue weighted by atomic mass is 9.95. The van der Waals surface area contributed by atoms with Gasteiger partial charge in [0.25, 0.3) is 0 Å². The standard InChI is InChI=1S/C39H23N3OS/c1-3-11-24(12-4-1)37-40-38(25-13-5-2-6-14-25)42-39(41-37)26-21-22-29-32(23-26)43-31-18-9-16-27(35(29)31)28-17-10-20-34-36(28)30-15-7-8-19-33(30)44-34/h1-23H. The Kier molecular flexibility index (Phi) is 5.64. The van der Waals surface area contributed by atoms with Gasteiger partial charge in [0, 0.05) is 47.6 Å². The second-order valence-electron chi connectivity index (χ2n) is 10.8. The fraction of sp³-hybridized carbons (Fsp3) is 0. The Hall–Kier alpha value is -5.65. The van der Waals surface area contributed by atoms with Crippen molar-refractivity contribution >= 4 is 53.4 Å². The molecule has 0 radical (unpaired) electrons. The third-order valence-electron chi connectivity index (χ3n) is 8.15. The lowest BCUT2D eigenvalue weighted by Crippen LogP contribution is -2.00. The summed E-state index contributed by atoms with van der Waals surface area (Å²) < 4.78 is 9.10. The molecule has 3 heterocycles. The first-order valence-electron chi connectivity index (χ1n) is 14.5. The first-order chi connectivity index (χ1) is 21.8. The van der Waals surface area contributed by atoms with Crippen molar-refractivity contribution < 1.29 is 4.42 Å². The van der Waals surface area contributed by atoms with Gasteiger partial charge in [-0.25, -0.2) is 15.0 Å². The molecule has 206 valence electrons. The Morgan fingerprint density at radius 1 is 0.409 bits per heavy atom. The van der Waals surface area contributed by atoms with Crippen LogP contribution in [0.4, 0.5) is 0 Å². The summed E-state index contributed by atoms with van der Waals surface area (Å²) in [5.74, 6) is 1.88. The van der Waals surface area contributed by atoms with Gasteiger partial charge in [-0.05, 0) is 41.5 Å². The first-order valence-corrected chi connectivity index (χ1v) is 15.3. The number of nitrogens with zero attached hydrogens (tertiary/aromatic N) is 3. The predicted octanol–water partition coefficient (Wildman–Crippen LogP) is 10.8. The lowest BCUT2D eigenvalue weighted by molar-refractivity contribution is 0.669. The topological polar surface area (TPSA) is 51.8 Å². The van der Waals surface area contributed by atoms with Gasteiger partial charge in [0.15, 0.2) is 17.5 Å². The normalized spacial score (nSPS) is 11.6. The van der Waals surface area contributed by atoms with E-state index in [1.807, 2.05) is 78.1 Å². The minimum Gasteiger partial charge on any atom is -0.456 e. The molecule has 9 rings (SSSR count). The molecule has 6 aromatic carbocycles. The van der Waals surface area contributed by atoms with Crippen LogP contribution in [-0.2, 0) is 0 Å². The average Bonchev–Trinajstić information content (AvgIpc) is 3.67. The molecule has 0 bridgehead atoms. The third-order valence-corrected chi connectivity index (χ3v) is 9.28. The number of hydrogen-bond donors (Lipinski definition) is 0. The Morgan fingerprint density at radius 3 is 1.73 bits per heavy atom. The molecule has 0 unspecified atom stereocenters. The van der Waals surface area contributed by atoms with Crippen molar-refractivity contribution in [3.8, 4) is 45.3 Å². The summed E-state index contributed by atoms with van der Waals surface area (Å²) in [5.41, 5.74) is 6.81. The maximum absolute atomic E-state index is 6.52. The molecule has 0 N–H and O–H groups in total. The fourth-order valence-corrected chi connectivity index (χ4v) is 7.26. The number of thiophene rings is 1. The van der Waals surface area contributed by atoms with Gasteiger partial charge in [0.2, 0.25) is 0 Å². The SMILES string of the molecule is c1ccc(-c2nc(-c3ccccc3)nc(-c3ccc4c(c3)oc3cccc(-c5cccc6sc7ccccc7c56)c34)n2)cc1. The lowest BCUT2D eigenvalue weighted by Gasteiger charge is -2.08. The highest BCUT2D eigenvalue weighted by molar-refractivity contribution is 7.25. The highest BCUT2D eigenvalue weighted by atomic mass is 32.1. The van der Waals surface area contributed by atoms with E-state index in [-0.39, 0.29) is 0 Å². The number of aromatic nitrogens is 3. The van der Waals surface area contributed by atoms with Crippen LogP contribution in [0.15, 0.2) is 144 Å². The minimum atomic E-state index is 0.606. The molecule has 0 aliphatic rings. The summed E-state index contributed by atoms with van der Waals surface area (Å²) in [4.78, 5) is 14.7. The first kappa shape index (κ1) is 24.9. The molecule has 0 spiro atoms. The van der Waals surface area contributed by atoms with E-state index in [9.17, 15) is 0 Å². The van der Waals surface area contributed by atoms with Crippen LogP contribution < -0.4 is 0 Å². The average molecular weight is 582 g/mol. The molecular formula is C39H23N3OS. The summed E-state index contributed by atoms with van der Waals surface area (Å²) in [6.07, 6.45) is 0. The largest absolute Gasteiger partial charge is 0.456 e. The van der Waals surface area contributed by atoms with Gasteiger partial charge in [0.05, 0.1) is 0 Å². The number of furan rings is 1. The second-order valence-corrected chi connectivity index (χ2v) is 11.9. The van der Waals surface area contributed by atoms with Crippen molar-refractivity contribution in [1.82, 2.24) is 15.0 Å². The van der Waals surface area contributed by atoms with Crippen molar-refractivity contribution in [3.63, 3.8) is 0 Å². The van der Waals surface area contributed by atoms with Crippen LogP contribution in [0.3, 0.4) is 0 Å². The monoisotopic (exact) mass is 581 g/mol. The van der Waals surface area contributed by atoms with Gasteiger partial charge in [-0.1, -0.05) is 109 Å². The molecule has 5 heteroatoms. The van der Waals surface area contributed by atoms with E-state index in [2.05, 4.69) is 72.8 Å². The molecule has 0 aliphatic carbocycles. The quantitative estimate of drug-likeness (QED) is 0.207. The van der Waals surface area contributed by atoms with E-state index in [1.165, 1.54) is 31.3 Å². The van der Waals surface area contributed by atoms with Crippen LogP contribution in [0.5, 0.6) is 0 Å². The Balaban J connectivity index is 1.24. The zero-order valence-corrected chi connectivity index (χ0v) is 24.3. The Bertz CT molecular complexity index is 2440. The van der Waals surface area contributed by atoms with Crippen molar-refractivity contribution in [2.75, 3.05) is 0 Å². The van der Waals surface area contributed by atoms with Gasteiger partial charge in [-0.2, -0.15) is 0 Å². The Labute approximate surface area is 256 Å². The van der Waals surface area contributed by atoms with Crippen LogP contribution in [0, 0.1) is 0 Å². The smallest absolute Gasteiger partial charge is 0.164 e. The third kappa shape index (κ3) is 4.02. The van der Waals surface area contributed by atoms with Crippen LogP contribution in [-0.4, -0.2) is 15.0 Å². The fourth-order valence-electron chi connectivity index (χ4n) is 6.13. The van der Waals surface area contributed by atoms with Crippen LogP contribution in [0.25, 0.3) is 87.4 Å². The number of hydrogen-bond acceptors (Lipinski definition) is 5. The van der Waals surface area contributed by atoms with Gasteiger partial charge < -0.3 is 4.42 Å². The molecule has 0 saturated heterocycles. The molecule has 9 aromatic rings. The zero-order valence-electron chi connectivity index (χ0n) is 23.4. The molecule has 0 fully saturated rings. The van der Waals surface area contributed by atoms with Crippen molar-refractivity contribution in [2.45, 2.75) is 0 Å². The Morgan fingerprint density at radius 2 is 1.00 bits per heavy atom. The van der Waals surface area contributed by atoms with Crippen LogP contribution in [0.1, 0.15) is 0 Å². The summed E-state index contributed by atoms with van der Waals surface area (Å²) in [6.45, 7) is 0. The summed E-state index contributed by atoms with van der Waals surface area (Å²) in [7, 11) is 0. The van der Waals surface area contributed by atoms with E-state index in [1.54, 1.807) is 0 Å². The maximum Gasteiger partial charge on any atom is 0.164 e. The highest BCUT2D eigenvalue weighted by Gasteiger charge is 2.18. The molecule has 3 aromatic heterocycles. The van der Waals surface area contributed by atoms with E-state index in [4.69, 9.17) is 19.4 Å². The van der Waals surface area contributed by atoms with Crippen molar-refractivity contribution in [3.05, 3.63) is 140 Å². The molecule has 0 atom stereocenters. The van der Waals surface area contributed by atoms with Crippen LogP contribution in [0.2, 0.25) is 0 Å². The van der Waals surface area contributed by atoms with E-state index in [0.29, 0.717) is 17.5 Å². The molecule has 0 saturated carbocycles. The van der Waals surface area contributed by atoms with Gasteiger partial charge in [-0.15, -0.1) is 11.3 Å². The number of rotatable bonds is 4. The highest BCUT2D eigenvalue weighted by Crippen LogP contribution is 2.44. The summed E-state index contributed by atoms with van der Waals surface area (Å²) >= 11 is 1.84. The summed E-state index contributed by atoms with van der Waals surface area (Å²) in [5, 5.41) is 4.76. The molecule has 44 heavy (non-hydrogen) atoms. The molecule has 0 aliphatic heterocycles. The molecule has 4 nitrogen and oxygen atoms in total. The predicted molar refractivity (Wildman–Crippen MR) is 182 cm³/mol.